The molecule has 0 aliphatic rings. The largest absolute Gasteiger partial charge is 0.393 e. The highest BCUT2D eigenvalue weighted by Crippen LogP contribution is 2.22. The summed E-state index contributed by atoms with van der Waals surface area (Å²) in [4.78, 5) is 4.17. The van der Waals surface area contributed by atoms with E-state index in [1.165, 1.54) is 4.88 Å². The molecule has 0 spiro atoms. The molecule has 1 aromatic heterocycles. The summed E-state index contributed by atoms with van der Waals surface area (Å²) in [6, 6.07) is 4.00. The average molecular weight is 263 g/mol. The van der Waals surface area contributed by atoms with E-state index in [1.807, 2.05) is 6.07 Å². The molecular weight excluding hydrogens is 248 g/mol. The molecule has 0 aromatic carbocycles. The van der Waals surface area contributed by atoms with Gasteiger partial charge in [-0.1, -0.05) is 30.7 Å². The van der Waals surface area contributed by atoms with E-state index in [1.54, 1.807) is 11.3 Å². The third-order valence-corrected chi connectivity index (χ3v) is 3.55. The summed E-state index contributed by atoms with van der Waals surface area (Å²) in [6.07, 6.45) is 0.780. The van der Waals surface area contributed by atoms with Crippen LogP contribution in [0.25, 0.3) is 0 Å². The second-order valence-electron chi connectivity index (χ2n) is 3.29. The lowest BCUT2D eigenvalue weighted by atomic mass is 10.3. The molecule has 2 N–H and O–H groups in total. The predicted octanol–water partition coefficient (Wildman–Crippen LogP) is 2.90. The summed E-state index contributed by atoms with van der Waals surface area (Å²) < 4.78 is 0.843. The Balaban J connectivity index is 2.42. The molecule has 1 aromatic rings. The van der Waals surface area contributed by atoms with Crippen molar-refractivity contribution >= 4 is 40.1 Å². The minimum atomic E-state index is 0.581. The SMILES string of the molecule is CCN(CCC(N)=S)Cc1ccc(Cl)s1. The van der Waals surface area contributed by atoms with E-state index in [0.717, 1.165) is 30.4 Å². The van der Waals surface area contributed by atoms with Crippen molar-refractivity contribution in [1.82, 2.24) is 4.90 Å². The topological polar surface area (TPSA) is 29.3 Å². The fraction of sp³-hybridized carbons (Fsp3) is 0.500. The first-order valence-corrected chi connectivity index (χ1v) is 6.47. The smallest absolute Gasteiger partial charge is 0.0931 e. The van der Waals surface area contributed by atoms with Crippen LogP contribution in [0.15, 0.2) is 12.1 Å². The summed E-state index contributed by atoms with van der Waals surface area (Å²) >= 11 is 12.4. The lowest BCUT2D eigenvalue weighted by molar-refractivity contribution is 0.291. The van der Waals surface area contributed by atoms with Gasteiger partial charge in [0, 0.05) is 24.4 Å². The molecule has 0 aliphatic heterocycles. The zero-order valence-corrected chi connectivity index (χ0v) is 11.1. The van der Waals surface area contributed by atoms with Crippen LogP contribution in [0.1, 0.15) is 18.2 Å². The van der Waals surface area contributed by atoms with Crippen LogP contribution in [0.4, 0.5) is 0 Å². The fourth-order valence-electron chi connectivity index (χ4n) is 1.27. The van der Waals surface area contributed by atoms with Crippen LogP contribution in [-0.4, -0.2) is 23.0 Å². The van der Waals surface area contributed by atoms with Crippen LogP contribution in [0.3, 0.4) is 0 Å². The van der Waals surface area contributed by atoms with Gasteiger partial charge >= 0.3 is 0 Å². The maximum Gasteiger partial charge on any atom is 0.0931 e. The molecule has 0 unspecified atom stereocenters. The minimum Gasteiger partial charge on any atom is -0.393 e. The Hall–Kier alpha value is -0.160. The lowest BCUT2D eigenvalue weighted by Crippen LogP contribution is -2.26. The molecule has 1 rings (SSSR count). The molecule has 84 valence electrons. The van der Waals surface area contributed by atoms with Crippen molar-refractivity contribution in [3.8, 4) is 0 Å². The number of thiophene rings is 1. The van der Waals surface area contributed by atoms with Crippen molar-refractivity contribution in [2.45, 2.75) is 19.9 Å². The summed E-state index contributed by atoms with van der Waals surface area (Å²) in [6.45, 7) is 4.98. The second kappa shape index (κ2) is 6.43. The molecule has 0 bridgehead atoms. The molecule has 0 atom stereocenters. The molecular formula is C10H15ClN2S2. The summed E-state index contributed by atoms with van der Waals surface area (Å²) in [5, 5.41) is 0. The molecule has 1 heterocycles. The van der Waals surface area contributed by atoms with E-state index in [2.05, 4.69) is 17.9 Å². The van der Waals surface area contributed by atoms with Crippen molar-refractivity contribution in [2.75, 3.05) is 13.1 Å². The Morgan fingerprint density at radius 1 is 1.60 bits per heavy atom. The Labute approximate surface area is 105 Å². The zero-order valence-electron chi connectivity index (χ0n) is 8.70. The summed E-state index contributed by atoms with van der Waals surface area (Å²) in [5.41, 5.74) is 5.48. The third kappa shape index (κ3) is 4.93. The monoisotopic (exact) mass is 262 g/mol. The minimum absolute atomic E-state index is 0.581. The van der Waals surface area contributed by atoms with E-state index in [9.17, 15) is 0 Å². The molecule has 0 saturated heterocycles. The van der Waals surface area contributed by atoms with Crippen LogP contribution >= 0.6 is 35.2 Å². The van der Waals surface area contributed by atoms with Crippen LogP contribution < -0.4 is 5.73 Å². The molecule has 2 nitrogen and oxygen atoms in total. The number of nitrogens with two attached hydrogens (primary N) is 1. The number of rotatable bonds is 6. The first-order valence-electron chi connectivity index (χ1n) is 4.86. The van der Waals surface area contributed by atoms with Crippen LogP contribution in [0.2, 0.25) is 4.34 Å². The fourth-order valence-corrected chi connectivity index (χ4v) is 2.50. The van der Waals surface area contributed by atoms with Gasteiger partial charge in [-0.25, -0.2) is 0 Å². The standard InChI is InChI=1S/C10H15ClN2S2/c1-2-13(6-5-10(12)14)7-8-3-4-9(11)15-8/h3-4H,2,5-7H2,1H3,(H2,12,14). The summed E-state index contributed by atoms with van der Waals surface area (Å²) in [5.74, 6) is 0. The van der Waals surface area contributed by atoms with E-state index in [0.29, 0.717) is 4.99 Å². The van der Waals surface area contributed by atoms with Gasteiger partial charge in [-0.15, -0.1) is 11.3 Å². The molecule has 5 heteroatoms. The Bertz CT molecular complexity index is 325. The van der Waals surface area contributed by atoms with E-state index in [4.69, 9.17) is 29.6 Å². The van der Waals surface area contributed by atoms with Crippen molar-refractivity contribution < 1.29 is 0 Å². The quantitative estimate of drug-likeness (QED) is 0.800. The first-order chi connectivity index (χ1) is 7.11. The summed E-state index contributed by atoms with van der Waals surface area (Å²) in [7, 11) is 0. The molecule has 0 radical (unpaired) electrons. The molecule has 0 aliphatic carbocycles. The van der Waals surface area contributed by atoms with Gasteiger partial charge in [0.15, 0.2) is 0 Å². The van der Waals surface area contributed by atoms with Crippen LogP contribution in [0.5, 0.6) is 0 Å². The van der Waals surface area contributed by atoms with Crippen molar-refractivity contribution in [1.29, 1.82) is 0 Å². The lowest BCUT2D eigenvalue weighted by Gasteiger charge is -2.18. The first kappa shape index (κ1) is 12.9. The van der Waals surface area contributed by atoms with Gasteiger partial charge in [0.2, 0.25) is 0 Å². The molecule has 15 heavy (non-hydrogen) atoms. The number of hydrogen-bond donors (Lipinski definition) is 1. The highest BCUT2D eigenvalue weighted by atomic mass is 35.5. The third-order valence-electron chi connectivity index (χ3n) is 2.13. The number of thiocarbonyl (C=S) groups is 1. The van der Waals surface area contributed by atoms with Crippen LogP contribution in [-0.2, 0) is 6.54 Å². The molecule has 0 saturated carbocycles. The number of hydrogen-bond acceptors (Lipinski definition) is 3. The normalized spacial score (nSPS) is 10.9. The number of halogens is 1. The van der Waals surface area contributed by atoms with Gasteiger partial charge in [0.05, 0.1) is 9.32 Å². The number of nitrogens with zero attached hydrogens (tertiary/aromatic N) is 1. The Morgan fingerprint density at radius 3 is 2.80 bits per heavy atom. The van der Waals surface area contributed by atoms with Crippen molar-refractivity contribution in [3.63, 3.8) is 0 Å². The van der Waals surface area contributed by atoms with Gasteiger partial charge in [-0.2, -0.15) is 0 Å². The highest BCUT2D eigenvalue weighted by Gasteiger charge is 2.06. The average Bonchev–Trinajstić information content (AvgIpc) is 2.58. The van der Waals surface area contributed by atoms with Crippen molar-refractivity contribution in [2.24, 2.45) is 5.73 Å². The maximum absolute atomic E-state index is 5.87. The van der Waals surface area contributed by atoms with E-state index in [-0.39, 0.29) is 0 Å². The van der Waals surface area contributed by atoms with Gasteiger partial charge in [-0.05, 0) is 18.7 Å². The van der Waals surface area contributed by atoms with Gasteiger partial charge < -0.3 is 5.73 Å². The maximum atomic E-state index is 5.87. The second-order valence-corrected chi connectivity index (χ2v) is 5.61. The van der Waals surface area contributed by atoms with Gasteiger partial charge in [0.25, 0.3) is 0 Å². The van der Waals surface area contributed by atoms with Crippen molar-refractivity contribution in [3.05, 3.63) is 21.3 Å². The van der Waals surface area contributed by atoms with Gasteiger partial charge in [-0.3, -0.25) is 4.90 Å². The van der Waals surface area contributed by atoms with E-state index < -0.39 is 0 Å². The highest BCUT2D eigenvalue weighted by molar-refractivity contribution is 7.80. The Morgan fingerprint density at radius 2 is 2.33 bits per heavy atom. The Kier molecular flexibility index (Phi) is 5.53. The molecule has 0 fully saturated rings. The van der Waals surface area contributed by atoms with E-state index >= 15 is 0 Å². The van der Waals surface area contributed by atoms with Crippen LogP contribution in [0, 0.1) is 0 Å². The predicted molar refractivity (Wildman–Crippen MR) is 71.7 cm³/mol. The molecule has 0 amide bonds. The zero-order chi connectivity index (χ0) is 11.3. The van der Waals surface area contributed by atoms with Gasteiger partial charge in [0.1, 0.15) is 0 Å².